The largest absolute Gasteiger partial charge is 0.439 e. The molecule has 1 saturated heterocycles. The molecule has 7 heteroatoms. The number of nitrogens with zero attached hydrogens (tertiary/aromatic N) is 1. The molecule has 1 aliphatic heterocycles. The van der Waals surface area contributed by atoms with Gasteiger partial charge in [-0.05, 0) is 47.5 Å². The SMILES string of the molecule is Nc1cccc(C#Cc2cncc([C@H]3NC(=O)O[C@@H]3c3ccc(F)c(F)c3)c2)c1. The molecule has 1 aliphatic rings. The molecule has 1 amide bonds. The van der Waals surface area contributed by atoms with Crippen molar-refractivity contribution in [1.29, 1.82) is 0 Å². The molecule has 4 rings (SSSR count). The highest BCUT2D eigenvalue weighted by Gasteiger charge is 2.37. The zero-order chi connectivity index (χ0) is 20.4. The summed E-state index contributed by atoms with van der Waals surface area (Å²) in [5.74, 6) is 4.03. The molecule has 0 unspecified atom stereocenters. The Balaban J connectivity index is 1.64. The molecule has 0 radical (unpaired) electrons. The molecule has 5 nitrogen and oxygen atoms in total. The summed E-state index contributed by atoms with van der Waals surface area (Å²) < 4.78 is 32.2. The van der Waals surface area contributed by atoms with Gasteiger partial charge in [-0.2, -0.15) is 0 Å². The van der Waals surface area contributed by atoms with Crippen LogP contribution in [0.2, 0.25) is 0 Å². The Kier molecular flexibility index (Phi) is 4.83. The topological polar surface area (TPSA) is 77.2 Å². The number of alkyl carbamates (subject to hydrolysis) is 1. The van der Waals surface area contributed by atoms with Crippen molar-refractivity contribution in [2.24, 2.45) is 0 Å². The fourth-order valence-corrected chi connectivity index (χ4v) is 3.08. The van der Waals surface area contributed by atoms with Crippen molar-refractivity contribution in [3.05, 3.63) is 94.8 Å². The number of carbonyl (C=O) groups is 1. The molecule has 0 bridgehead atoms. The summed E-state index contributed by atoms with van der Waals surface area (Å²) in [4.78, 5) is 16.0. The highest BCUT2D eigenvalue weighted by Crippen LogP contribution is 2.37. The molecule has 2 aromatic carbocycles. The van der Waals surface area contributed by atoms with Crippen molar-refractivity contribution >= 4 is 11.8 Å². The zero-order valence-corrected chi connectivity index (χ0v) is 15.0. The summed E-state index contributed by atoms with van der Waals surface area (Å²) in [6, 6.07) is 11.7. The number of nitrogen functional groups attached to an aromatic ring is 1. The van der Waals surface area contributed by atoms with Crippen molar-refractivity contribution in [2.45, 2.75) is 12.1 Å². The minimum absolute atomic E-state index is 0.337. The van der Waals surface area contributed by atoms with E-state index in [9.17, 15) is 13.6 Å². The number of aromatic nitrogens is 1. The van der Waals surface area contributed by atoms with Crippen LogP contribution in [-0.4, -0.2) is 11.1 Å². The number of cyclic esters (lactones) is 1. The van der Waals surface area contributed by atoms with E-state index in [1.54, 1.807) is 30.6 Å². The van der Waals surface area contributed by atoms with Crippen LogP contribution in [0.5, 0.6) is 0 Å². The standard InChI is InChI=1S/C22H15F2N3O2/c23-18-7-6-15(10-19(18)24)21-20(27-22(28)29-21)16-8-14(11-26-12-16)5-4-13-2-1-3-17(25)9-13/h1-3,6-12,20-21H,25H2,(H,27,28)/t20-,21-/m1/s1. The molecule has 0 spiro atoms. The quantitative estimate of drug-likeness (QED) is 0.514. The minimum atomic E-state index is -1.01. The van der Waals surface area contributed by atoms with Gasteiger partial charge in [0.1, 0.15) is 6.04 Å². The van der Waals surface area contributed by atoms with Crippen LogP contribution in [0.3, 0.4) is 0 Å². The smallest absolute Gasteiger partial charge is 0.408 e. The van der Waals surface area contributed by atoms with E-state index < -0.39 is 29.9 Å². The second-order valence-electron chi connectivity index (χ2n) is 6.50. The van der Waals surface area contributed by atoms with Gasteiger partial charge in [0.2, 0.25) is 0 Å². The van der Waals surface area contributed by atoms with Crippen molar-refractivity contribution in [2.75, 3.05) is 5.73 Å². The Morgan fingerprint density at radius 2 is 1.79 bits per heavy atom. The van der Waals surface area contributed by atoms with Crippen LogP contribution in [0.25, 0.3) is 0 Å². The number of benzene rings is 2. The number of halogens is 2. The third kappa shape index (κ3) is 4.01. The van der Waals surface area contributed by atoms with E-state index in [-0.39, 0.29) is 0 Å². The molecule has 2 atom stereocenters. The third-order valence-electron chi connectivity index (χ3n) is 4.44. The number of hydrogen-bond acceptors (Lipinski definition) is 4. The Labute approximate surface area is 165 Å². The van der Waals surface area contributed by atoms with E-state index in [0.717, 1.165) is 17.7 Å². The number of nitrogens with one attached hydrogen (secondary N) is 1. The predicted octanol–water partition coefficient (Wildman–Crippen LogP) is 3.86. The first kappa shape index (κ1) is 18.4. The van der Waals surface area contributed by atoms with E-state index in [0.29, 0.717) is 22.4 Å². The van der Waals surface area contributed by atoms with E-state index in [4.69, 9.17) is 10.5 Å². The number of amides is 1. The van der Waals surface area contributed by atoms with Gasteiger partial charge in [-0.1, -0.05) is 24.0 Å². The number of pyridine rings is 1. The Morgan fingerprint density at radius 3 is 2.59 bits per heavy atom. The first-order valence-electron chi connectivity index (χ1n) is 8.74. The third-order valence-corrected chi connectivity index (χ3v) is 4.44. The average Bonchev–Trinajstić information content (AvgIpc) is 3.11. The maximum absolute atomic E-state index is 13.6. The van der Waals surface area contributed by atoms with Crippen molar-refractivity contribution in [3.8, 4) is 11.8 Å². The summed E-state index contributed by atoms with van der Waals surface area (Å²) in [7, 11) is 0. The number of nitrogens with two attached hydrogens (primary N) is 1. The van der Waals surface area contributed by atoms with Crippen LogP contribution in [-0.2, 0) is 4.74 Å². The molecule has 1 fully saturated rings. The molecule has 2 heterocycles. The predicted molar refractivity (Wildman–Crippen MR) is 103 cm³/mol. The van der Waals surface area contributed by atoms with Gasteiger partial charge in [0.05, 0.1) is 0 Å². The molecule has 0 saturated carbocycles. The molecule has 3 aromatic rings. The van der Waals surface area contributed by atoms with Gasteiger partial charge in [-0.25, -0.2) is 13.6 Å². The monoisotopic (exact) mass is 391 g/mol. The molecular weight excluding hydrogens is 376 g/mol. The lowest BCUT2D eigenvalue weighted by atomic mass is 9.96. The second-order valence-corrected chi connectivity index (χ2v) is 6.50. The Morgan fingerprint density at radius 1 is 0.966 bits per heavy atom. The van der Waals surface area contributed by atoms with Crippen LogP contribution in [0.4, 0.5) is 19.3 Å². The van der Waals surface area contributed by atoms with Gasteiger partial charge >= 0.3 is 6.09 Å². The van der Waals surface area contributed by atoms with Crippen molar-refractivity contribution in [3.63, 3.8) is 0 Å². The molecule has 3 N–H and O–H groups in total. The lowest BCUT2D eigenvalue weighted by Gasteiger charge is -2.17. The molecule has 144 valence electrons. The summed E-state index contributed by atoms with van der Waals surface area (Å²) in [6.07, 6.45) is 1.68. The molecule has 29 heavy (non-hydrogen) atoms. The number of hydrogen-bond donors (Lipinski definition) is 2. The zero-order valence-electron chi connectivity index (χ0n) is 15.0. The van der Waals surface area contributed by atoms with E-state index >= 15 is 0 Å². The summed E-state index contributed by atoms with van der Waals surface area (Å²) in [6.45, 7) is 0. The summed E-state index contributed by atoms with van der Waals surface area (Å²) in [5.41, 5.74) is 8.71. The highest BCUT2D eigenvalue weighted by molar-refractivity contribution is 5.71. The van der Waals surface area contributed by atoms with Crippen molar-refractivity contribution < 1.29 is 18.3 Å². The Hall–Kier alpha value is -3.92. The lowest BCUT2D eigenvalue weighted by molar-refractivity contribution is 0.132. The number of anilines is 1. The average molecular weight is 391 g/mol. The Bertz CT molecular complexity index is 1150. The second kappa shape index (κ2) is 7.60. The minimum Gasteiger partial charge on any atom is -0.439 e. The first-order valence-corrected chi connectivity index (χ1v) is 8.74. The van der Waals surface area contributed by atoms with Crippen molar-refractivity contribution in [1.82, 2.24) is 10.3 Å². The van der Waals surface area contributed by atoms with Crippen LogP contribution < -0.4 is 11.1 Å². The van der Waals surface area contributed by atoms with Crippen LogP contribution in [0.1, 0.15) is 34.4 Å². The van der Waals surface area contributed by atoms with Gasteiger partial charge in [-0.15, -0.1) is 0 Å². The molecule has 1 aromatic heterocycles. The van der Waals surface area contributed by atoms with Gasteiger partial charge in [0, 0.05) is 29.2 Å². The van der Waals surface area contributed by atoms with Crippen LogP contribution >= 0.6 is 0 Å². The fourth-order valence-electron chi connectivity index (χ4n) is 3.08. The van der Waals surface area contributed by atoms with E-state index in [1.807, 2.05) is 12.1 Å². The first-order chi connectivity index (χ1) is 14.0. The van der Waals surface area contributed by atoms with Gasteiger partial charge < -0.3 is 15.8 Å². The number of rotatable bonds is 2. The van der Waals surface area contributed by atoms with Gasteiger partial charge in [0.25, 0.3) is 0 Å². The molecule has 0 aliphatic carbocycles. The van der Waals surface area contributed by atoms with Crippen LogP contribution in [0.15, 0.2) is 60.9 Å². The normalized spacial score (nSPS) is 17.8. The van der Waals surface area contributed by atoms with Gasteiger partial charge in [-0.3, -0.25) is 4.98 Å². The lowest BCUT2D eigenvalue weighted by Crippen LogP contribution is -2.20. The fraction of sp³-hybridized carbons (Fsp3) is 0.0909. The van der Waals surface area contributed by atoms with Crippen LogP contribution in [0, 0.1) is 23.5 Å². The molecular formula is C22H15F2N3O2. The van der Waals surface area contributed by atoms with E-state index in [1.165, 1.54) is 6.07 Å². The highest BCUT2D eigenvalue weighted by atomic mass is 19.2. The summed E-state index contributed by atoms with van der Waals surface area (Å²) >= 11 is 0. The number of ether oxygens (including phenoxy) is 1. The summed E-state index contributed by atoms with van der Waals surface area (Å²) in [5, 5.41) is 2.68. The maximum Gasteiger partial charge on any atom is 0.408 e. The maximum atomic E-state index is 13.6. The number of carbonyl (C=O) groups excluding carboxylic acids is 1. The van der Waals surface area contributed by atoms with Gasteiger partial charge in [0.15, 0.2) is 17.7 Å². The van der Waals surface area contributed by atoms with E-state index in [2.05, 4.69) is 22.1 Å².